The normalized spacial score (nSPS) is 14.8. The van der Waals surface area contributed by atoms with Crippen LogP contribution in [0.3, 0.4) is 0 Å². The lowest BCUT2D eigenvalue weighted by atomic mass is 10.0. The van der Waals surface area contributed by atoms with E-state index in [1.807, 2.05) is 63.4 Å². The Morgan fingerprint density at radius 1 is 1.09 bits per heavy atom. The number of aryl methyl sites for hydroxylation is 2. The van der Waals surface area contributed by atoms with Crippen LogP contribution < -0.4 is 10.6 Å². The van der Waals surface area contributed by atoms with Gasteiger partial charge in [-0.05, 0) is 50.1 Å². The fourth-order valence-corrected chi connectivity index (χ4v) is 3.94. The zero-order chi connectivity index (χ0) is 23.1. The quantitative estimate of drug-likeness (QED) is 0.453. The van der Waals surface area contributed by atoms with Gasteiger partial charge in [0.15, 0.2) is 5.82 Å². The predicted molar refractivity (Wildman–Crippen MR) is 125 cm³/mol. The van der Waals surface area contributed by atoms with Gasteiger partial charge < -0.3 is 10.6 Å². The minimum atomic E-state index is -0.513. The summed E-state index contributed by atoms with van der Waals surface area (Å²) in [5, 5.41) is 10.4. The Bertz CT molecular complexity index is 1340. The van der Waals surface area contributed by atoms with Gasteiger partial charge in [-0.3, -0.25) is 9.78 Å². The van der Waals surface area contributed by atoms with E-state index in [1.54, 1.807) is 10.7 Å². The highest BCUT2D eigenvalue weighted by Crippen LogP contribution is 2.32. The maximum Gasteiger partial charge on any atom is 0.252 e. The van der Waals surface area contributed by atoms with Gasteiger partial charge in [0, 0.05) is 35.1 Å². The van der Waals surface area contributed by atoms with Crippen molar-refractivity contribution in [3.8, 4) is 22.5 Å². The van der Waals surface area contributed by atoms with Crippen LogP contribution in [-0.4, -0.2) is 25.7 Å². The van der Waals surface area contributed by atoms with E-state index < -0.39 is 5.82 Å². The van der Waals surface area contributed by atoms with Gasteiger partial charge in [-0.2, -0.15) is 4.98 Å². The molecule has 0 aliphatic carbocycles. The average Bonchev–Trinajstić information content (AvgIpc) is 3.35. The van der Waals surface area contributed by atoms with Gasteiger partial charge in [0.1, 0.15) is 5.82 Å². The second kappa shape index (κ2) is 8.12. The van der Waals surface area contributed by atoms with E-state index in [0.29, 0.717) is 23.9 Å². The largest absolute Gasteiger partial charge is 0.345 e. The van der Waals surface area contributed by atoms with Crippen LogP contribution in [-0.2, 0) is 6.54 Å². The van der Waals surface area contributed by atoms with Gasteiger partial charge in [0.2, 0.25) is 5.95 Å². The van der Waals surface area contributed by atoms with Crippen molar-refractivity contribution in [1.82, 2.24) is 25.1 Å². The number of nitrogens with zero attached hydrogens (tertiary/aromatic N) is 4. The summed E-state index contributed by atoms with van der Waals surface area (Å²) in [4.78, 5) is 20.9. The maximum atomic E-state index is 14.7. The molecule has 33 heavy (non-hydrogen) atoms. The first-order chi connectivity index (χ1) is 15.9. The molecule has 0 spiro atoms. The molecule has 0 saturated carbocycles. The number of fused-ring (bicyclic) bond motifs is 1. The Kier molecular flexibility index (Phi) is 5.12. The first kappa shape index (κ1) is 20.8. The monoisotopic (exact) mass is 442 g/mol. The van der Waals surface area contributed by atoms with Crippen molar-refractivity contribution in [2.24, 2.45) is 0 Å². The smallest absolute Gasteiger partial charge is 0.252 e. The lowest BCUT2D eigenvalue weighted by molar-refractivity contribution is 0.0958. The summed E-state index contributed by atoms with van der Waals surface area (Å²) < 4.78 is 16.4. The fourth-order valence-electron chi connectivity index (χ4n) is 3.94. The van der Waals surface area contributed by atoms with Crippen LogP contribution in [0.2, 0.25) is 0 Å². The van der Waals surface area contributed by atoms with E-state index in [0.717, 1.165) is 27.9 Å². The third-order valence-corrected chi connectivity index (χ3v) is 5.80. The van der Waals surface area contributed by atoms with Crippen LogP contribution in [0.25, 0.3) is 22.5 Å². The van der Waals surface area contributed by atoms with Crippen LogP contribution in [0.1, 0.15) is 41.5 Å². The number of rotatable bonds is 5. The molecule has 0 saturated heterocycles. The van der Waals surface area contributed by atoms with Gasteiger partial charge in [-0.15, -0.1) is 5.10 Å². The van der Waals surface area contributed by atoms with Crippen molar-refractivity contribution in [3.05, 3.63) is 77.4 Å². The summed E-state index contributed by atoms with van der Waals surface area (Å²) in [5.74, 6) is 0.205. The number of aromatic nitrogens is 4. The van der Waals surface area contributed by atoms with Crippen molar-refractivity contribution in [2.75, 3.05) is 5.32 Å². The van der Waals surface area contributed by atoms with Crippen molar-refractivity contribution >= 4 is 17.5 Å². The molecule has 8 heteroatoms. The molecule has 2 N–H and O–H groups in total. The zero-order valence-electron chi connectivity index (χ0n) is 18.6. The molecule has 3 heterocycles. The number of benzene rings is 2. The van der Waals surface area contributed by atoms with Crippen LogP contribution in [0.4, 0.5) is 16.0 Å². The van der Waals surface area contributed by atoms with Gasteiger partial charge in [0.25, 0.3) is 5.91 Å². The number of carbonyl (C=O) groups is 1. The van der Waals surface area contributed by atoms with Crippen LogP contribution >= 0.6 is 0 Å². The molecule has 1 unspecified atom stereocenters. The van der Waals surface area contributed by atoms with E-state index in [9.17, 15) is 9.18 Å². The molecule has 4 aromatic rings. The molecule has 166 valence electrons. The molecule has 2 aromatic carbocycles. The topological polar surface area (TPSA) is 84.7 Å². The number of pyridine rings is 1. The van der Waals surface area contributed by atoms with Gasteiger partial charge in [0.05, 0.1) is 11.7 Å². The van der Waals surface area contributed by atoms with Crippen molar-refractivity contribution in [2.45, 2.75) is 33.4 Å². The van der Waals surface area contributed by atoms with Gasteiger partial charge in [-0.25, -0.2) is 9.07 Å². The number of anilines is 2. The molecule has 5 rings (SSSR count). The van der Waals surface area contributed by atoms with Crippen LogP contribution in [0, 0.1) is 12.7 Å². The molecule has 1 atom stereocenters. The van der Waals surface area contributed by atoms with Crippen LogP contribution in [0.5, 0.6) is 0 Å². The number of carbonyl (C=O) groups excluding carboxylic acids is 1. The maximum absolute atomic E-state index is 14.7. The summed E-state index contributed by atoms with van der Waals surface area (Å²) in [6, 6.07) is 14.7. The standard InChI is InChI=1S/C25H23FN6O/c1-4-32-25(29-22-12-19-15(3)28-24(33)20(19)11-21(22)26)30-23(31-32)17-9-7-16(8-10-17)18-6-5-14(2)27-13-18/h5-13,15H,4H2,1-3H3,(H,28,33)(H,29,30,31). The summed E-state index contributed by atoms with van der Waals surface area (Å²) in [7, 11) is 0. The minimum Gasteiger partial charge on any atom is -0.345 e. The third-order valence-electron chi connectivity index (χ3n) is 5.80. The first-order valence-electron chi connectivity index (χ1n) is 10.8. The van der Waals surface area contributed by atoms with E-state index >= 15 is 0 Å². The molecular weight excluding hydrogens is 419 g/mol. The van der Waals surface area contributed by atoms with E-state index in [1.165, 1.54) is 6.07 Å². The fraction of sp³-hybridized carbons (Fsp3) is 0.200. The Labute approximate surface area is 190 Å². The molecular formula is C25H23FN6O. The van der Waals surface area contributed by atoms with E-state index in [-0.39, 0.29) is 17.6 Å². The summed E-state index contributed by atoms with van der Waals surface area (Å²) in [6.45, 7) is 6.33. The molecule has 0 radical (unpaired) electrons. The molecule has 1 aliphatic rings. The number of hydrogen-bond acceptors (Lipinski definition) is 5. The number of halogens is 1. The van der Waals surface area contributed by atoms with E-state index in [4.69, 9.17) is 0 Å². The highest BCUT2D eigenvalue weighted by Gasteiger charge is 2.27. The van der Waals surface area contributed by atoms with Crippen molar-refractivity contribution < 1.29 is 9.18 Å². The Morgan fingerprint density at radius 3 is 2.52 bits per heavy atom. The number of nitrogens with one attached hydrogen (secondary N) is 2. The Morgan fingerprint density at radius 2 is 1.82 bits per heavy atom. The predicted octanol–water partition coefficient (Wildman–Crippen LogP) is 5.02. The Hall–Kier alpha value is -4.07. The van der Waals surface area contributed by atoms with Crippen LogP contribution in [0.15, 0.2) is 54.7 Å². The Balaban J connectivity index is 1.43. The van der Waals surface area contributed by atoms with E-state index in [2.05, 4.69) is 25.7 Å². The van der Waals surface area contributed by atoms with Crippen molar-refractivity contribution in [3.63, 3.8) is 0 Å². The number of amides is 1. The highest BCUT2D eigenvalue weighted by molar-refractivity contribution is 5.99. The van der Waals surface area contributed by atoms with Gasteiger partial charge >= 0.3 is 0 Å². The molecule has 7 nitrogen and oxygen atoms in total. The first-order valence-corrected chi connectivity index (χ1v) is 10.8. The number of hydrogen-bond donors (Lipinski definition) is 2. The molecule has 0 fully saturated rings. The highest BCUT2D eigenvalue weighted by atomic mass is 19.1. The molecule has 1 aliphatic heterocycles. The van der Waals surface area contributed by atoms with Crippen molar-refractivity contribution in [1.29, 1.82) is 0 Å². The third kappa shape index (κ3) is 3.84. The summed E-state index contributed by atoms with van der Waals surface area (Å²) in [6.07, 6.45) is 1.85. The lowest BCUT2D eigenvalue weighted by Crippen LogP contribution is -2.16. The molecule has 2 aromatic heterocycles. The lowest BCUT2D eigenvalue weighted by Gasteiger charge is -2.10. The summed E-state index contributed by atoms with van der Waals surface area (Å²) in [5.41, 5.74) is 5.30. The SMILES string of the molecule is CCn1nc(-c2ccc(-c3ccc(C)nc3)cc2)nc1Nc1cc2c(cc1F)C(=O)NC2C. The molecule has 0 bridgehead atoms. The molecule has 1 amide bonds. The zero-order valence-corrected chi connectivity index (χ0v) is 18.6. The second-order valence-electron chi connectivity index (χ2n) is 8.08. The van der Waals surface area contributed by atoms with Gasteiger partial charge in [-0.1, -0.05) is 30.3 Å². The summed E-state index contributed by atoms with van der Waals surface area (Å²) >= 11 is 0. The minimum absolute atomic E-state index is 0.171. The second-order valence-corrected chi connectivity index (χ2v) is 8.08. The average molecular weight is 442 g/mol.